The summed E-state index contributed by atoms with van der Waals surface area (Å²) >= 11 is 1.64. The summed E-state index contributed by atoms with van der Waals surface area (Å²) in [5.41, 5.74) is 2.60. The van der Waals surface area contributed by atoms with Crippen LogP contribution in [0.1, 0.15) is 54.9 Å². The smallest absolute Gasteiger partial charge is 0.153 e. The quantitative estimate of drug-likeness (QED) is 0.617. The third-order valence-corrected chi connectivity index (χ3v) is 4.56. The zero-order valence-corrected chi connectivity index (χ0v) is 11.7. The SMILES string of the molecule is O=Cc1cn(C2CCCCCC2)nc1-c1ccsc1. The number of carbonyl (C=O) groups excluding carboxylic acids is 1. The Kier molecular flexibility index (Phi) is 3.78. The first kappa shape index (κ1) is 12.6. The zero-order chi connectivity index (χ0) is 13.1. The number of nitrogens with zero attached hydrogens (tertiary/aromatic N) is 2. The second-order valence-electron chi connectivity index (χ2n) is 5.19. The number of carbonyl (C=O) groups is 1. The number of hydrogen-bond donors (Lipinski definition) is 0. The van der Waals surface area contributed by atoms with Crippen LogP contribution in [0.15, 0.2) is 23.0 Å². The van der Waals surface area contributed by atoms with E-state index in [0.717, 1.165) is 17.5 Å². The Hall–Kier alpha value is -1.42. The summed E-state index contributed by atoms with van der Waals surface area (Å²) in [5.74, 6) is 0. The van der Waals surface area contributed by atoms with E-state index in [1.807, 2.05) is 27.7 Å². The van der Waals surface area contributed by atoms with Crippen LogP contribution in [0.2, 0.25) is 0 Å². The Morgan fingerprint density at radius 1 is 1.26 bits per heavy atom. The van der Waals surface area contributed by atoms with Gasteiger partial charge in [-0.1, -0.05) is 25.7 Å². The molecule has 0 atom stereocenters. The van der Waals surface area contributed by atoms with Crippen LogP contribution >= 0.6 is 11.3 Å². The van der Waals surface area contributed by atoms with Crippen molar-refractivity contribution in [2.45, 2.75) is 44.6 Å². The third kappa shape index (κ3) is 2.63. The van der Waals surface area contributed by atoms with E-state index in [-0.39, 0.29) is 0 Å². The van der Waals surface area contributed by atoms with E-state index in [4.69, 9.17) is 0 Å². The van der Waals surface area contributed by atoms with Gasteiger partial charge >= 0.3 is 0 Å². The highest BCUT2D eigenvalue weighted by atomic mass is 32.1. The molecule has 0 spiro atoms. The van der Waals surface area contributed by atoms with Gasteiger partial charge in [-0.25, -0.2) is 0 Å². The molecule has 2 aromatic rings. The molecule has 1 fully saturated rings. The standard InChI is InChI=1S/C15H18N2OS/c18-10-13-9-17(14-5-3-1-2-4-6-14)16-15(13)12-7-8-19-11-12/h7-11,14H,1-6H2. The normalized spacial score (nSPS) is 17.3. The molecule has 1 aliphatic rings. The molecule has 0 aromatic carbocycles. The van der Waals surface area contributed by atoms with Crippen molar-refractivity contribution in [3.63, 3.8) is 0 Å². The van der Waals surface area contributed by atoms with Gasteiger partial charge in [0.1, 0.15) is 5.69 Å². The summed E-state index contributed by atoms with van der Waals surface area (Å²) in [6.07, 6.45) is 10.4. The summed E-state index contributed by atoms with van der Waals surface area (Å²) in [6, 6.07) is 2.49. The summed E-state index contributed by atoms with van der Waals surface area (Å²) < 4.78 is 2.03. The molecule has 0 radical (unpaired) electrons. The van der Waals surface area contributed by atoms with Gasteiger partial charge in [-0.3, -0.25) is 9.48 Å². The van der Waals surface area contributed by atoms with Gasteiger partial charge in [-0.2, -0.15) is 16.4 Å². The number of rotatable bonds is 3. The van der Waals surface area contributed by atoms with E-state index in [2.05, 4.69) is 5.10 Å². The molecule has 100 valence electrons. The first-order valence-corrected chi connectivity index (χ1v) is 7.89. The van der Waals surface area contributed by atoms with Crippen LogP contribution in [0.3, 0.4) is 0 Å². The molecule has 4 heteroatoms. The second-order valence-corrected chi connectivity index (χ2v) is 5.97. The minimum Gasteiger partial charge on any atom is -0.298 e. The van der Waals surface area contributed by atoms with Gasteiger partial charge in [-0.05, 0) is 24.3 Å². The van der Waals surface area contributed by atoms with Crippen molar-refractivity contribution in [1.29, 1.82) is 0 Å². The molecule has 0 amide bonds. The predicted octanol–water partition coefficient (Wildman–Crippen LogP) is 4.32. The fraction of sp³-hybridized carbons (Fsp3) is 0.467. The van der Waals surface area contributed by atoms with Gasteiger partial charge in [0, 0.05) is 17.1 Å². The van der Waals surface area contributed by atoms with Crippen molar-refractivity contribution in [2.24, 2.45) is 0 Å². The van der Waals surface area contributed by atoms with Crippen LogP contribution in [-0.4, -0.2) is 16.1 Å². The maximum Gasteiger partial charge on any atom is 0.153 e. The molecule has 3 rings (SSSR count). The predicted molar refractivity (Wildman–Crippen MR) is 77.7 cm³/mol. The van der Waals surface area contributed by atoms with Crippen LogP contribution in [0, 0.1) is 0 Å². The number of aromatic nitrogens is 2. The minimum atomic E-state index is 0.466. The van der Waals surface area contributed by atoms with Crippen molar-refractivity contribution >= 4 is 17.6 Å². The zero-order valence-electron chi connectivity index (χ0n) is 10.9. The average Bonchev–Trinajstić information content (AvgIpc) is 3.02. The van der Waals surface area contributed by atoms with Crippen molar-refractivity contribution in [1.82, 2.24) is 9.78 Å². The monoisotopic (exact) mass is 274 g/mol. The lowest BCUT2D eigenvalue weighted by Gasteiger charge is -2.14. The summed E-state index contributed by atoms with van der Waals surface area (Å²) in [5, 5.41) is 8.75. The molecule has 2 heterocycles. The fourth-order valence-electron chi connectivity index (χ4n) is 2.82. The molecule has 0 unspecified atom stereocenters. The van der Waals surface area contributed by atoms with Crippen LogP contribution in [-0.2, 0) is 0 Å². The van der Waals surface area contributed by atoms with E-state index in [9.17, 15) is 4.79 Å². The van der Waals surface area contributed by atoms with E-state index < -0.39 is 0 Å². The van der Waals surface area contributed by atoms with Gasteiger partial charge in [0.2, 0.25) is 0 Å². The second kappa shape index (κ2) is 5.70. The Morgan fingerprint density at radius 2 is 2.05 bits per heavy atom. The molecule has 0 bridgehead atoms. The average molecular weight is 274 g/mol. The molecule has 3 nitrogen and oxygen atoms in total. The fourth-order valence-corrected chi connectivity index (χ4v) is 3.47. The summed E-state index contributed by atoms with van der Waals surface area (Å²) in [7, 11) is 0. The lowest BCUT2D eigenvalue weighted by atomic mass is 10.1. The maximum absolute atomic E-state index is 11.2. The first-order chi connectivity index (χ1) is 9.38. The molecule has 0 saturated heterocycles. The highest BCUT2D eigenvalue weighted by Crippen LogP contribution is 2.30. The van der Waals surface area contributed by atoms with E-state index in [1.54, 1.807) is 11.3 Å². The lowest BCUT2D eigenvalue weighted by Crippen LogP contribution is -2.08. The molecular weight excluding hydrogens is 256 g/mol. The first-order valence-electron chi connectivity index (χ1n) is 6.95. The van der Waals surface area contributed by atoms with Crippen LogP contribution in [0.4, 0.5) is 0 Å². The minimum absolute atomic E-state index is 0.466. The lowest BCUT2D eigenvalue weighted by molar-refractivity contribution is 0.112. The van der Waals surface area contributed by atoms with Gasteiger partial charge in [0.05, 0.1) is 11.6 Å². The van der Waals surface area contributed by atoms with Crippen molar-refractivity contribution in [3.05, 3.63) is 28.6 Å². The van der Waals surface area contributed by atoms with Crippen molar-refractivity contribution < 1.29 is 4.79 Å². The molecule has 2 aromatic heterocycles. The van der Waals surface area contributed by atoms with Gasteiger partial charge in [0.15, 0.2) is 6.29 Å². The maximum atomic E-state index is 11.2. The summed E-state index contributed by atoms with van der Waals surface area (Å²) in [4.78, 5) is 11.2. The topological polar surface area (TPSA) is 34.9 Å². The molecule has 1 saturated carbocycles. The number of aldehydes is 1. The molecule has 0 aliphatic heterocycles. The van der Waals surface area contributed by atoms with Crippen LogP contribution in [0.5, 0.6) is 0 Å². The molecule has 19 heavy (non-hydrogen) atoms. The van der Waals surface area contributed by atoms with Gasteiger partial charge in [-0.15, -0.1) is 0 Å². The Morgan fingerprint density at radius 3 is 2.68 bits per heavy atom. The largest absolute Gasteiger partial charge is 0.298 e. The number of thiophene rings is 1. The van der Waals surface area contributed by atoms with Gasteiger partial charge < -0.3 is 0 Å². The van der Waals surface area contributed by atoms with E-state index in [1.165, 1.54) is 38.5 Å². The van der Waals surface area contributed by atoms with Crippen LogP contribution in [0.25, 0.3) is 11.3 Å². The third-order valence-electron chi connectivity index (χ3n) is 3.88. The number of hydrogen-bond acceptors (Lipinski definition) is 3. The van der Waals surface area contributed by atoms with Crippen molar-refractivity contribution in [2.75, 3.05) is 0 Å². The van der Waals surface area contributed by atoms with Crippen LogP contribution < -0.4 is 0 Å². The van der Waals surface area contributed by atoms with E-state index in [0.29, 0.717) is 11.6 Å². The molecule has 1 aliphatic carbocycles. The Balaban J connectivity index is 1.92. The highest BCUT2D eigenvalue weighted by Gasteiger charge is 2.18. The molecule has 0 N–H and O–H groups in total. The summed E-state index contributed by atoms with van der Waals surface area (Å²) in [6.45, 7) is 0. The Labute approximate surface area is 117 Å². The highest BCUT2D eigenvalue weighted by molar-refractivity contribution is 7.08. The van der Waals surface area contributed by atoms with E-state index >= 15 is 0 Å². The van der Waals surface area contributed by atoms with Gasteiger partial charge in [0.25, 0.3) is 0 Å². The van der Waals surface area contributed by atoms with Crippen molar-refractivity contribution in [3.8, 4) is 11.3 Å². The molecular formula is C15H18N2OS. The Bertz CT molecular complexity index is 537.